The fraction of sp³-hybridized carbons (Fsp3) is 0.278. The van der Waals surface area contributed by atoms with Gasteiger partial charge in [-0.25, -0.2) is 8.42 Å². The van der Waals surface area contributed by atoms with Crippen LogP contribution in [0.3, 0.4) is 0 Å². The Balaban J connectivity index is 1.78. The third kappa shape index (κ3) is 3.80. The lowest BCUT2D eigenvalue weighted by Crippen LogP contribution is -2.37. The summed E-state index contributed by atoms with van der Waals surface area (Å²) < 4.78 is 25.7. The van der Waals surface area contributed by atoms with Crippen LogP contribution in [-0.4, -0.2) is 26.6 Å². The van der Waals surface area contributed by atoms with Gasteiger partial charge in [0, 0.05) is 22.8 Å². The fourth-order valence-corrected chi connectivity index (χ4v) is 4.61. The van der Waals surface area contributed by atoms with E-state index in [1.165, 1.54) is 4.31 Å². The van der Waals surface area contributed by atoms with Crippen LogP contribution in [0.25, 0.3) is 0 Å². The SMILES string of the molecule is Cc1c(Cl)cccc1NC(=O)c1ccc(N2CCCCS2(=O)=O)cc1. The standard InChI is InChI=1S/C18H19ClN2O3S/c1-13-16(19)5-4-6-17(13)20-18(22)14-7-9-15(10-8-14)21-11-2-3-12-25(21,23)24/h4-10H,2-3,11-12H2,1H3,(H,20,22). The number of carbonyl (C=O) groups excluding carboxylic acids is 1. The van der Waals surface area contributed by atoms with Gasteiger partial charge in [0.25, 0.3) is 5.91 Å². The smallest absolute Gasteiger partial charge is 0.255 e. The van der Waals surface area contributed by atoms with E-state index < -0.39 is 10.0 Å². The van der Waals surface area contributed by atoms with Crippen molar-refractivity contribution in [3.8, 4) is 0 Å². The number of hydrogen-bond donors (Lipinski definition) is 1. The van der Waals surface area contributed by atoms with Crippen molar-refractivity contribution in [1.29, 1.82) is 0 Å². The predicted molar refractivity (Wildman–Crippen MR) is 101 cm³/mol. The maximum atomic E-state index is 12.4. The topological polar surface area (TPSA) is 66.5 Å². The Hall–Kier alpha value is -2.05. The highest BCUT2D eigenvalue weighted by Gasteiger charge is 2.26. The molecule has 25 heavy (non-hydrogen) atoms. The van der Waals surface area contributed by atoms with Gasteiger partial charge < -0.3 is 5.32 Å². The summed E-state index contributed by atoms with van der Waals surface area (Å²) in [6.45, 7) is 2.32. The van der Waals surface area contributed by atoms with Gasteiger partial charge >= 0.3 is 0 Å². The lowest BCUT2D eigenvalue weighted by Gasteiger charge is -2.28. The molecule has 2 aromatic rings. The Morgan fingerprint density at radius 2 is 1.84 bits per heavy atom. The van der Waals surface area contributed by atoms with E-state index in [0.29, 0.717) is 34.9 Å². The summed E-state index contributed by atoms with van der Waals surface area (Å²) in [5.74, 6) is -0.0954. The largest absolute Gasteiger partial charge is 0.322 e. The zero-order valence-electron chi connectivity index (χ0n) is 13.8. The van der Waals surface area contributed by atoms with Crippen LogP contribution in [0.5, 0.6) is 0 Å². The van der Waals surface area contributed by atoms with Crippen LogP contribution in [0.1, 0.15) is 28.8 Å². The van der Waals surface area contributed by atoms with Crippen LogP contribution in [0, 0.1) is 6.92 Å². The molecule has 1 aliphatic heterocycles. The number of nitrogens with one attached hydrogen (secondary N) is 1. The summed E-state index contributed by atoms with van der Waals surface area (Å²) in [4.78, 5) is 12.4. The molecule has 0 radical (unpaired) electrons. The zero-order valence-corrected chi connectivity index (χ0v) is 15.4. The van der Waals surface area contributed by atoms with Crippen molar-refractivity contribution in [3.63, 3.8) is 0 Å². The minimum absolute atomic E-state index is 0.170. The number of sulfonamides is 1. The maximum absolute atomic E-state index is 12.4. The van der Waals surface area contributed by atoms with E-state index in [2.05, 4.69) is 5.32 Å². The van der Waals surface area contributed by atoms with Gasteiger partial charge in [-0.15, -0.1) is 0 Å². The van der Waals surface area contributed by atoms with Gasteiger partial charge in [0.2, 0.25) is 10.0 Å². The number of rotatable bonds is 3. The van der Waals surface area contributed by atoms with E-state index in [-0.39, 0.29) is 11.7 Å². The fourth-order valence-electron chi connectivity index (χ4n) is 2.80. The Kier molecular flexibility index (Phi) is 5.01. The molecular weight excluding hydrogens is 360 g/mol. The number of halogens is 1. The van der Waals surface area contributed by atoms with Gasteiger partial charge in [-0.05, 0) is 61.7 Å². The molecule has 1 N–H and O–H groups in total. The van der Waals surface area contributed by atoms with Crippen LogP contribution < -0.4 is 9.62 Å². The summed E-state index contributed by atoms with van der Waals surface area (Å²) in [7, 11) is -3.25. The minimum atomic E-state index is -3.25. The van der Waals surface area contributed by atoms with E-state index >= 15 is 0 Å². The number of anilines is 2. The summed E-state index contributed by atoms with van der Waals surface area (Å²) in [5, 5.41) is 3.41. The molecule has 0 aliphatic carbocycles. The molecular formula is C18H19ClN2O3S. The molecule has 0 atom stereocenters. The zero-order chi connectivity index (χ0) is 18.0. The number of amides is 1. The Morgan fingerprint density at radius 1 is 1.12 bits per heavy atom. The Morgan fingerprint density at radius 3 is 2.52 bits per heavy atom. The second kappa shape index (κ2) is 7.06. The quantitative estimate of drug-likeness (QED) is 0.882. The molecule has 0 bridgehead atoms. The molecule has 3 rings (SSSR count). The summed E-state index contributed by atoms with van der Waals surface area (Å²) in [5.41, 5.74) is 2.50. The molecule has 0 spiro atoms. The first-order valence-electron chi connectivity index (χ1n) is 8.05. The molecule has 2 aromatic carbocycles. The molecule has 1 amide bonds. The molecule has 7 heteroatoms. The van der Waals surface area contributed by atoms with Gasteiger partial charge in [-0.1, -0.05) is 17.7 Å². The highest BCUT2D eigenvalue weighted by molar-refractivity contribution is 7.92. The lowest BCUT2D eigenvalue weighted by atomic mass is 10.1. The second-order valence-corrected chi connectivity index (χ2v) is 8.43. The van der Waals surface area contributed by atoms with E-state index in [1.54, 1.807) is 42.5 Å². The molecule has 1 aliphatic rings. The number of hydrogen-bond acceptors (Lipinski definition) is 3. The van der Waals surface area contributed by atoms with E-state index in [0.717, 1.165) is 12.0 Å². The lowest BCUT2D eigenvalue weighted by molar-refractivity contribution is 0.102. The monoisotopic (exact) mass is 378 g/mol. The Labute approximate surface area is 152 Å². The average molecular weight is 379 g/mol. The highest BCUT2D eigenvalue weighted by atomic mass is 35.5. The van der Waals surface area contributed by atoms with E-state index in [9.17, 15) is 13.2 Å². The van der Waals surface area contributed by atoms with Crippen molar-refractivity contribution in [2.24, 2.45) is 0 Å². The van der Waals surface area contributed by atoms with Crippen molar-refractivity contribution in [2.45, 2.75) is 19.8 Å². The van der Waals surface area contributed by atoms with Crippen molar-refractivity contribution >= 4 is 38.9 Å². The minimum Gasteiger partial charge on any atom is -0.322 e. The average Bonchev–Trinajstić information content (AvgIpc) is 2.59. The maximum Gasteiger partial charge on any atom is 0.255 e. The molecule has 5 nitrogen and oxygen atoms in total. The highest BCUT2D eigenvalue weighted by Crippen LogP contribution is 2.25. The third-order valence-corrected chi connectivity index (χ3v) is 6.56. The normalized spacial score (nSPS) is 16.5. The first kappa shape index (κ1) is 17.8. The number of carbonyl (C=O) groups is 1. The number of nitrogens with zero attached hydrogens (tertiary/aromatic N) is 1. The van der Waals surface area contributed by atoms with E-state index in [1.807, 2.05) is 6.92 Å². The van der Waals surface area contributed by atoms with Gasteiger partial charge in [0.1, 0.15) is 0 Å². The van der Waals surface area contributed by atoms with Crippen LogP contribution in [-0.2, 0) is 10.0 Å². The van der Waals surface area contributed by atoms with Gasteiger partial charge in [-0.3, -0.25) is 9.10 Å². The molecule has 132 valence electrons. The van der Waals surface area contributed by atoms with Gasteiger partial charge in [-0.2, -0.15) is 0 Å². The van der Waals surface area contributed by atoms with Crippen LogP contribution in [0.4, 0.5) is 11.4 Å². The van der Waals surface area contributed by atoms with Gasteiger partial charge in [0.05, 0.1) is 11.4 Å². The molecule has 0 unspecified atom stereocenters. The molecule has 0 saturated carbocycles. The molecule has 1 fully saturated rings. The van der Waals surface area contributed by atoms with Crippen molar-refractivity contribution < 1.29 is 13.2 Å². The van der Waals surface area contributed by atoms with Crippen molar-refractivity contribution in [1.82, 2.24) is 0 Å². The second-order valence-electron chi connectivity index (χ2n) is 6.01. The Bertz CT molecular complexity index is 895. The van der Waals surface area contributed by atoms with Crippen LogP contribution >= 0.6 is 11.6 Å². The number of benzene rings is 2. The van der Waals surface area contributed by atoms with Crippen LogP contribution in [0.2, 0.25) is 5.02 Å². The molecule has 1 heterocycles. The predicted octanol–water partition coefficient (Wildman–Crippen LogP) is 3.83. The molecule has 1 saturated heterocycles. The first-order chi connectivity index (χ1) is 11.9. The van der Waals surface area contributed by atoms with Crippen LogP contribution in [0.15, 0.2) is 42.5 Å². The summed E-state index contributed by atoms with van der Waals surface area (Å²) in [6, 6.07) is 11.9. The third-order valence-electron chi connectivity index (χ3n) is 4.28. The van der Waals surface area contributed by atoms with Crippen molar-refractivity contribution in [2.75, 3.05) is 21.9 Å². The summed E-state index contributed by atoms with van der Waals surface area (Å²) in [6.07, 6.45) is 1.54. The first-order valence-corrected chi connectivity index (χ1v) is 10.0. The van der Waals surface area contributed by atoms with Gasteiger partial charge in [0.15, 0.2) is 0 Å². The molecule has 0 aromatic heterocycles. The van der Waals surface area contributed by atoms with E-state index in [4.69, 9.17) is 11.6 Å². The van der Waals surface area contributed by atoms with Crippen molar-refractivity contribution in [3.05, 3.63) is 58.6 Å². The summed E-state index contributed by atoms with van der Waals surface area (Å²) >= 11 is 6.06.